The molecule has 2 nitrogen and oxygen atoms in total. The monoisotopic (exact) mass is 212 g/mol. The Bertz CT molecular complexity index is 432. The van der Waals surface area contributed by atoms with E-state index in [9.17, 15) is 0 Å². The predicted octanol–water partition coefficient (Wildman–Crippen LogP) is 2.88. The summed E-state index contributed by atoms with van der Waals surface area (Å²) in [4.78, 5) is 8.40. The second kappa shape index (κ2) is 4.88. The van der Waals surface area contributed by atoms with Crippen LogP contribution in [0.4, 0.5) is 0 Å². The van der Waals surface area contributed by atoms with E-state index in [1.165, 1.54) is 16.7 Å². The molecule has 0 radical (unpaired) electrons. The van der Waals surface area contributed by atoms with Crippen molar-refractivity contribution in [3.63, 3.8) is 0 Å². The third-order valence-electron chi connectivity index (χ3n) is 2.60. The van der Waals surface area contributed by atoms with Gasteiger partial charge in [0.2, 0.25) is 0 Å². The Morgan fingerprint density at radius 1 is 1.00 bits per heavy atom. The van der Waals surface area contributed by atoms with Gasteiger partial charge in [0.05, 0.1) is 0 Å². The average Bonchev–Trinajstić information content (AvgIpc) is 2.27. The van der Waals surface area contributed by atoms with Gasteiger partial charge in [-0.2, -0.15) is 0 Å². The minimum absolute atomic E-state index is 1.04. The summed E-state index contributed by atoms with van der Waals surface area (Å²) in [6, 6.07) is 6.42. The van der Waals surface area contributed by atoms with Gasteiger partial charge >= 0.3 is 0 Å². The molecule has 0 N–H and O–H groups in total. The number of pyridine rings is 2. The summed E-state index contributed by atoms with van der Waals surface area (Å²) in [6.07, 6.45) is 7.80. The highest BCUT2D eigenvalue weighted by Gasteiger charge is 1.97. The van der Waals surface area contributed by atoms with Crippen molar-refractivity contribution in [2.24, 2.45) is 0 Å². The normalized spacial score (nSPS) is 10.4. The maximum atomic E-state index is 4.20. The summed E-state index contributed by atoms with van der Waals surface area (Å²) in [5, 5.41) is 0. The average molecular weight is 212 g/mol. The van der Waals surface area contributed by atoms with E-state index in [0.29, 0.717) is 0 Å². The Kier molecular flexibility index (Phi) is 3.30. The lowest BCUT2D eigenvalue weighted by Crippen LogP contribution is -1.94. The molecular formula is C14H16N2. The van der Waals surface area contributed by atoms with E-state index in [1.807, 2.05) is 25.5 Å². The first-order valence-electron chi connectivity index (χ1n) is 5.56. The molecule has 16 heavy (non-hydrogen) atoms. The molecule has 2 aromatic rings. The van der Waals surface area contributed by atoms with Crippen LogP contribution in [-0.2, 0) is 12.8 Å². The minimum Gasteiger partial charge on any atom is -0.264 e. The van der Waals surface area contributed by atoms with Crippen molar-refractivity contribution in [1.29, 1.82) is 0 Å². The molecule has 2 rings (SSSR count). The maximum absolute atomic E-state index is 4.20. The van der Waals surface area contributed by atoms with E-state index in [0.717, 1.165) is 18.5 Å². The Morgan fingerprint density at radius 3 is 2.56 bits per heavy atom. The van der Waals surface area contributed by atoms with Crippen LogP contribution in [-0.4, -0.2) is 9.97 Å². The van der Waals surface area contributed by atoms with Crippen molar-refractivity contribution in [2.75, 3.05) is 0 Å². The van der Waals surface area contributed by atoms with E-state index in [2.05, 4.69) is 35.1 Å². The molecule has 0 saturated carbocycles. The second-order valence-electron chi connectivity index (χ2n) is 4.18. The molecule has 0 aliphatic carbocycles. The summed E-state index contributed by atoms with van der Waals surface area (Å²) in [6.45, 7) is 4.10. The van der Waals surface area contributed by atoms with E-state index in [1.54, 1.807) is 0 Å². The molecule has 0 aromatic carbocycles. The molecule has 0 aliphatic heterocycles. The Balaban J connectivity index is 2.02. The molecule has 2 heteroatoms. The van der Waals surface area contributed by atoms with Crippen LogP contribution in [0.5, 0.6) is 0 Å². The molecule has 2 aromatic heterocycles. The summed E-state index contributed by atoms with van der Waals surface area (Å²) in [5.74, 6) is 0. The molecule has 2 heterocycles. The van der Waals surface area contributed by atoms with Crippen molar-refractivity contribution >= 4 is 0 Å². The van der Waals surface area contributed by atoms with Crippen LogP contribution < -0.4 is 0 Å². The second-order valence-corrected chi connectivity index (χ2v) is 4.18. The summed E-state index contributed by atoms with van der Waals surface area (Å²) in [5.41, 5.74) is 4.95. The molecule has 0 atom stereocenters. The van der Waals surface area contributed by atoms with Crippen LogP contribution >= 0.6 is 0 Å². The fourth-order valence-corrected chi connectivity index (χ4v) is 1.80. The van der Waals surface area contributed by atoms with Crippen molar-refractivity contribution in [3.8, 4) is 0 Å². The topological polar surface area (TPSA) is 25.8 Å². The van der Waals surface area contributed by atoms with Gasteiger partial charge in [-0.25, -0.2) is 0 Å². The number of aryl methyl sites for hydroxylation is 4. The van der Waals surface area contributed by atoms with Gasteiger partial charge in [0.1, 0.15) is 0 Å². The fourth-order valence-electron chi connectivity index (χ4n) is 1.80. The molecule has 0 aliphatic rings. The highest BCUT2D eigenvalue weighted by Crippen LogP contribution is 2.08. The van der Waals surface area contributed by atoms with E-state index >= 15 is 0 Å². The van der Waals surface area contributed by atoms with Crippen LogP contribution in [0.1, 0.15) is 22.4 Å². The number of nitrogens with zero attached hydrogens (tertiary/aromatic N) is 2. The number of hydrogen-bond acceptors (Lipinski definition) is 2. The minimum atomic E-state index is 1.04. The zero-order chi connectivity index (χ0) is 11.4. The molecule has 0 amide bonds. The third-order valence-corrected chi connectivity index (χ3v) is 2.60. The number of hydrogen-bond donors (Lipinski definition) is 0. The van der Waals surface area contributed by atoms with Gasteiger partial charge in [-0.3, -0.25) is 9.97 Å². The molecule has 0 unspecified atom stereocenters. The zero-order valence-electron chi connectivity index (χ0n) is 9.77. The third kappa shape index (κ3) is 2.89. The number of rotatable bonds is 3. The molecule has 82 valence electrons. The Morgan fingerprint density at radius 2 is 1.81 bits per heavy atom. The van der Waals surface area contributed by atoms with Gasteiger partial charge in [-0.1, -0.05) is 6.07 Å². The van der Waals surface area contributed by atoms with Crippen LogP contribution in [0, 0.1) is 13.8 Å². The quantitative estimate of drug-likeness (QED) is 0.781. The first-order chi connectivity index (χ1) is 7.74. The predicted molar refractivity (Wildman–Crippen MR) is 65.4 cm³/mol. The highest BCUT2D eigenvalue weighted by atomic mass is 14.6. The van der Waals surface area contributed by atoms with Crippen LogP contribution in [0.3, 0.4) is 0 Å². The van der Waals surface area contributed by atoms with Crippen LogP contribution in [0.2, 0.25) is 0 Å². The van der Waals surface area contributed by atoms with Crippen molar-refractivity contribution in [1.82, 2.24) is 9.97 Å². The Hall–Kier alpha value is -1.70. The standard InChI is InChI=1S/C14H16N2/c1-11-7-14(10-15-9-11)4-3-13-5-6-16-12(2)8-13/h5-10H,3-4H2,1-2H3. The molecular weight excluding hydrogens is 196 g/mol. The van der Waals surface area contributed by atoms with Crippen molar-refractivity contribution in [2.45, 2.75) is 26.7 Å². The van der Waals surface area contributed by atoms with Gasteiger partial charge in [-0.05, 0) is 55.5 Å². The lowest BCUT2D eigenvalue weighted by atomic mass is 10.1. The number of aromatic nitrogens is 2. The molecule has 0 spiro atoms. The molecule has 0 bridgehead atoms. The highest BCUT2D eigenvalue weighted by molar-refractivity contribution is 5.20. The van der Waals surface area contributed by atoms with Crippen molar-refractivity contribution < 1.29 is 0 Å². The SMILES string of the molecule is Cc1cncc(CCc2ccnc(C)c2)c1. The van der Waals surface area contributed by atoms with Gasteiger partial charge < -0.3 is 0 Å². The van der Waals surface area contributed by atoms with E-state index in [4.69, 9.17) is 0 Å². The largest absolute Gasteiger partial charge is 0.264 e. The summed E-state index contributed by atoms with van der Waals surface area (Å²) >= 11 is 0. The molecule has 0 fully saturated rings. The van der Waals surface area contributed by atoms with Gasteiger partial charge in [0.25, 0.3) is 0 Å². The van der Waals surface area contributed by atoms with Crippen LogP contribution in [0.25, 0.3) is 0 Å². The van der Waals surface area contributed by atoms with Crippen LogP contribution in [0.15, 0.2) is 36.8 Å². The first kappa shape index (κ1) is 10.8. The van der Waals surface area contributed by atoms with E-state index in [-0.39, 0.29) is 0 Å². The summed E-state index contributed by atoms with van der Waals surface area (Å²) in [7, 11) is 0. The van der Waals surface area contributed by atoms with Gasteiger partial charge in [0, 0.05) is 24.3 Å². The molecule has 0 saturated heterocycles. The van der Waals surface area contributed by atoms with E-state index < -0.39 is 0 Å². The lowest BCUT2D eigenvalue weighted by molar-refractivity contribution is 0.937. The fraction of sp³-hybridized carbons (Fsp3) is 0.286. The maximum Gasteiger partial charge on any atom is 0.0375 e. The zero-order valence-corrected chi connectivity index (χ0v) is 9.77. The Labute approximate surface area is 96.4 Å². The first-order valence-corrected chi connectivity index (χ1v) is 5.56. The summed E-state index contributed by atoms with van der Waals surface area (Å²) < 4.78 is 0. The van der Waals surface area contributed by atoms with Gasteiger partial charge in [-0.15, -0.1) is 0 Å². The smallest absolute Gasteiger partial charge is 0.0375 e. The lowest BCUT2D eigenvalue weighted by Gasteiger charge is -2.03. The van der Waals surface area contributed by atoms with Gasteiger partial charge in [0.15, 0.2) is 0 Å². The van der Waals surface area contributed by atoms with Crippen molar-refractivity contribution in [3.05, 3.63) is 59.2 Å².